The fourth-order valence-corrected chi connectivity index (χ4v) is 1.88. The van der Waals surface area contributed by atoms with Crippen molar-refractivity contribution in [2.45, 2.75) is 6.04 Å². The SMILES string of the molecule is C=C[C@H](N)c1c[nH]c2ccc(Br)cc12. The Bertz CT molecular complexity index is 473. The number of halogens is 1. The molecule has 72 valence electrons. The molecule has 0 fully saturated rings. The van der Waals surface area contributed by atoms with Crippen LogP contribution in [0.3, 0.4) is 0 Å². The Balaban J connectivity index is 2.66. The van der Waals surface area contributed by atoms with E-state index in [-0.39, 0.29) is 6.04 Å². The molecule has 0 amide bonds. The van der Waals surface area contributed by atoms with Gasteiger partial charge in [-0.2, -0.15) is 0 Å². The van der Waals surface area contributed by atoms with Crippen molar-refractivity contribution in [2.24, 2.45) is 5.73 Å². The molecule has 1 atom stereocenters. The van der Waals surface area contributed by atoms with E-state index in [4.69, 9.17) is 5.73 Å². The molecule has 0 aliphatic heterocycles. The molecule has 0 aliphatic carbocycles. The second-order valence-corrected chi connectivity index (χ2v) is 4.11. The molecule has 0 aliphatic rings. The van der Waals surface area contributed by atoms with Crippen molar-refractivity contribution in [3.05, 3.63) is 47.1 Å². The number of hydrogen-bond acceptors (Lipinski definition) is 1. The van der Waals surface area contributed by atoms with Crippen molar-refractivity contribution in [2.75, 3.05) is 0 Å². The largest absolute Gasteiger partial charge is 0.361 e. The predicted octanol–water partition coefficient (Wildman–Crippen LogP) is 3.12. The fraction of sp³-hybridized carbons (Fsp3) is 0.0909. The van der Waals surface area contributed by atoms with Gasteiger partial charge in [-0.15, -0.1) is 6.58 Å². The van der Waals surface area contributed by atoms with E-state index in [0.29, 0.717) is 0 Å². The summed E-state index contributed by atoms with van der Waals surface area (Å²) in [6, 6.07) is 5.98. The number of fused-ring (bicyclic) bond motifs is 1. The lowest BCUT2D eigenvalue weighted by atomic mass is 10.1. The number of rotatable bonds is 2. The molecule has 14 heavy (non-hydrogen) atoms. The van der Waals surface area contributed by atoms with E-state index in [0.717, 1.165) is 20.9 Å². The van der Waals surface area contributed by atoms with Crippen LogP contribution >= 0.6 is 15.9 Å². The van der Waals surface area contributed by atoms with Crippen LogP contribution in [0.4, 0.5) is 0 Å². The molecule has 0 spiro atoms. The van der Waals surface area contributed by atoms with Gasteiger partial charge in [0.05, 0.1) is 0 Å². The van der Waals surface area contributed by atoms with Crippen molar-refractivity contribution in [1.29, 1.82) is 0 Å². The molecule has 2 nitrogen and oxygen atoms in total. The number of hydrogen-bond donors (Lipinski definition) is 2. The third kappa shape index (κ3) is 1.49. The van der Waals surface area contributed by atoms with Gasteiger partial charge in [-0.05, 0) is 23.8 Å². The summed E-state index contributed by atoms with van der Waals surface area (Å²) >= 11 is 3.44. The first-order valence-corrected chi connectivity index (χ1v) is 5.16. The first-order chi connectivity index (χ1) is 6.72. The molecular weight excluding hydrogens is 240 g/mol. The zero-order valence-electron chi connectivity index (χ0n) is 7.63. The zero-order valence-corrected chi connectivity index (χ0v) is 9.21. The smallest absolute Gasteiger partial charge is 0.0499 e. The molecule has 3 N–H and O–H groups in total. The number of aromatic nitrogens is 1. The van der Waals surface area contributed by atoms with Crippen molar-refractivity contribution in [3.63, 3.8) is 0 Å². The van der Waals surface area contributed by atoms with Gasteiger partial charge in [0, 0.05) is 27.6 Å². The monoisotopic (exact) mass is 250 g/mol. The van der Waals surface area contributed by atoms with E-state index in [1.807, 2.05) is 18.3 Å². The Labute approximate surface area is 90.9 Å². The van der Waals surface area contributed by atoms with Crippen LogP contribution in [0.2, 0.25) is 0 Å². The Hall–Kier alpha value is -1.06. The Morgan fingerprint density at radius 1 is 1.50 bits per heavy atom. The third-order valence-corrected chi connectivity index (χ3v) is 2.78. The Kier molecular flexibility index (Phi) is 2.44. The minimum Gasteiger partial charge on any atom is -0.361 e. The molecule has 3 heteroatoms. The highest BCUT2D eigenvalue weighted by atomic mass is 79.9. The number of nitrogens with one attached hydrogen (secondary N) is 1. The van der Waals surface area contributed by atoms with Crippen molar-refractivity contribution < 1.29 is 0 Å². The summed E-state index contributed by atoms with van der Waals surface area (Å²) in [6.07, 6.45) is 3.67. The lowest BCUT2D eigenvalue weighted by molar-refractivity contribution is 0.924. The summed E-state index contributed by atoms with van der Waals surface area (Å²) in [7, 11) is 0. The van der Waals surface area contributed by atoms with E-state index in [2.05, 4.69) is 33.6 Å². The second kappa shape index (κ2) is 3.59. The van der Waals surface area contributed by atoms with Crippen LogP contribution in [0.5, 0.6) is 0 Å². The molecule has 0 saturated carbocycles. The summed E-state index contributed by atoms with van der Waals surface area (Å²) in [6.45, 7) is 3.70. The van der Waals surface area contributed by atoms with E-state index in [9.17, 15) is 0 Å². The van der Waals surface area contributed by atoms with Gasteiger partial charge in [-0.3, -0.25) is 0 Å². The van der Waals surface area contributed by atoms with E-state index >= 15 is 0 Å². The van der Waals surface area contributed by atoms with Crippen LogP contribution in [-0.4, -0.2) is 4.98 Å². The maximum absolute atomic E-state index is 5.90. The van der Waals surface area contributed by atoms with Gasteiger partial charge in [0.25, 0.3) is 0 Å². The normalized spacial score (nSPS) is 13.0. The average molecular weight is 251 g/mol. The first kappa shape index (κ1) is 9.49. The van der Waals surface area contributed by atoms with E-state index in [1.165, 1.54) is 0 Å². The van der Waals surface area contributed by atoms with Gasteiger partial charge in [-0.1, -0.05) is 22.0 Å². The highest BCUT2D eigenvalue weighted by Gasteiger charge is 2.08. The minimum atomic E-state index is -0.113. The first-order valence-electron chi connectivity index (χ1n) is 4.37. The molecular formula is C11H11BrN2. The van der Waals surface area contributed by atoms with Crippen LogP contribution in [-0.2, 0) is 0 Å². The van der Waals surface area contributed by atoms with Gasteiger partial charge >= 0.3 is 0 Å². The number of H-pyrrole nitrogens is 1. The average Bonchev–Trinajstić information content (AvgIpc) is 2.59. The van der Waals surface area contributed by atoms with Crippen LogP contribution in [0.25, 0.3) is 10.9 Å². The second-order valence-electron chi connectivity index (χ2n) is 3.20. The lowest BCUT2D eigenvalue weighted by Gasteiger charge is -2.03. The molecule has 0 bridgehead atoms. The van der Waals surface area contributed by atoms with Crippen LogP contribution in [0, 0.1) is 0 Å². The van der Waals surface area contributed by atoms with Crippen molar-refractivity contribution in [1.82, 2.24) is 4.98 Å². The molecule has 0 saturated heterocycles. The summed E-state index contributed by atoms with van der Waals surface area (Å²) in [5.41, 5.74) is 8.08. The number of nitrogens with two attached hydrogens (primary N) is 1. The molecule has 1 aromatic carbocycles. The maximum atomic E-state index is 5.90. The lowest BCUT2D eigenvalue weighted by Crippen LogP contribution is -2.05. The summed E-state index contributed by atoms with van der Waals surface area (Å²) in [4.78, 5) is 3.18. The Morgan fingerprint density at radius 3 is 3.00 bits per heavy atom. The molecule has 2 aromatic rings. The number of aromatic amines is 1. The van der Waals surface area contributed by atoms with Crippen molar-refractivity contribution in [3.8, 4) is 0 Å². The van der Waals surface area contributed by atoms with Gasteiger partial charge in [0.15, 0.2) is 0 Å². The zero-order chi connectivity index (χ0) is 10.1. The van der Waals surface area contributed by atoms with E-state index < -0.39 is 0 Å². The topological polar surface area (TPSA) is 41.8 Å². The predicted molar refractivity (Wildman–Crippen MR) is 63.1 cm³/mol. The highest BCUT2D eigenvalue weighted by molar-refractivity contribution is 9.10. The molecule has 1 heterocycles. The van der Waals surface area contributed by atoms with Gasteiger partial charge < -0.3 is 10.7 Å². The molecule has 1 aromatic heterocycles. The summed E-state index contributed by atoms with van der Waals surface area (Å²) in [5.74, 6) is 0. The maximum Gasteiger partial charge on any atom is 0.0499 e. The van der Waals surface area contributed by atoms with Gasteiger partial charge in [0.2, 0.25) is 0 Å². The van der Waals surface area contributed by atoms with Crippen LogP contribution < -0.4 is 5.73 Å². The highest BCUT2D eigenvalue weighted by Crippen LogP contribution is 2.26. The summed E-state index contributed by atoms with van der Waals surface area (Å²) < 4.78 is 1.06. The van der Waals surface area contributed by atoms with Crippen molar-refractivity contribution >= 4 is 26.8 Å². The quantitative estimate of drug-likeness (QED) is 0.791. The molecule has 0 radical (unpaired) electrons. The fourth-order valence-electron chi connectivity index (χ4n) is 1.52. The molecule has 2 rings (SSSR count). The van der Waals surface area contributed by atoms with E-state index in [1.54, 1.807) is 6.08 Å². The minimum absolute atomic E-state index is 0.113. The Morgan fingerprint density at radius 2 is 2.29 bits per heavy atom. The third-order valence-electron chi connectivity index (χ3n) is 2.29. The van der Waals surface area contributed by atoms with Crippen LogP contribution in [0.15, 0.2) is 41.5 Å². The van der Waals surface area contributed by atoms with Gasteiger partial charge in [-0.25, -0.2) is 0 Å². The van der Waals surface area contributed by atoms with Crippen LogP contribution in [0.1, 0.15) is 11.6 Å². The summed E-state index contributed by atoms with van der Waals surface area (Å²) in [5, 5.41) is 1.15. The number of benzene rings is 1. The molecule has 0 unspecified atom stereocenters. The standard InChI is InChI=1S/C11H11BrN2/c1-2-10(13)9-6-14-11-4-3-7(12)5-8(9)11/h2-6,10,14H,1,13H2/t10-/m0/s1. The van der Waals surface area contributed by atoms with Gasteiger partial charge in [0.1, 0.15) is 0 Å².